The van der Waals surface area contributed by atoms with E-state index in [1.165, 1.54) is 0 Å². The van der Waals surface area contributed by atoms with Crippen LogP contribution in [0.15, 0.2) is 94.9 Å². The van der Waals surface area contributed by atoms with Crippen molar-refractivity contribution >= 4 is 33.3 Å². The molecule has 0 radical (unpaired) electrons. The Kier molecular flexibility index (Phi) is 7.40. The molecule has 38 heavy (non-hydrogen) atoms. The van der Waals surface area contributed by atoms with Crippen LogP contribution in [0, 0.1) is 0 Å². The Morgan fingerprint density at radius 2 is 1.79 bits per heavy atom. The minimum atomic E-state index is -4.34. The molecule has 2 aromatic heterocycles. The third kappa shape index (κ3) is 6.38. The van der Waals surface area contributed by atoms with Crippen LogP contribution in [-0.4, -0.2) is 30.0 Å². The van der Waals surface area contributed by atoms with Crippen LogP contribution in [0.25, 0.3) is 21.9 Å². The summed E-state index contributed by atoms with van der Waals surface area (Å²) < 4.78 is 44.6. The average Bonchev–Trinajstić information content (AvgIpc) is 3.60. The highest BCUT2D eigenvalue weighted by Gasteiger charge is 2.20. The van der Waals surface area contributed by atoms with Crippen molar-refractivity contribution < 1.29 is 22.1 Å². The highest BCUT2D eigenvalue weighted by atomic mass is 32.2. The molecule has 0 amide bonds. The molecule has 0 saturated heterocycles. The van der Waals surface area contributed by atoms with Gasteiger partial charge in [0, 0.05) is 16.5 Å². The van der Waals surface area contributed by atoms with E-state index in [-0.39, 0.29) is 11.7 Å². The summed E-state index contributed by atoms with van der Waals surface area (Å²) in [7, 11) is -2.73. The number of ether oxygens (including phenoxy) is 1. The number of benzene rings is 3. The van der Waals surface area contributed by atoms with E-state index in [4.69, 9.17) is 18.7 Å². The van der Waals surface area contributed by atoms with E-state index in [0.29, 0.717) is 23.9 Å². The third-order valence-corrected chi connectivity index (χ3v) is 7.10. The number of nitrogens with one attached hydrogen (secondary N) is 2. The van der Waals surface area contributed by atoms with Crippen molar-refractivity contribution in [3.05, 3.63) is 102 Å². The third-order valence-electron chi connectivity index (χ3n) is 5.70. The number of aromatic nitrogens is 2. The molecule has 5 aromatic rings. The van der Waals surface area contributed by atoms with E-state index >= 15 is 0 Å². The Morgan fingerprint density at radius 1 is 1.03 bits per heavy atom. The van der Waals surface area contributed by atoms with E-state index in [1.807, 2.05) is 64.7 Å². The molecular formula is C27H24N4O5S2. The maximum absolute atomic E-state index is 11.1. The lowest BCUT2D eigenvalue weighted by Crippen LogP contribution is -2.15. The van der Waals surface area contributed by atoms with Gasteiger partial charge in [-0.3, -0.25) is 9.27 Å². The second-order valence-electron chi connectivity index (χ2n) is 8.38. The maximum atomic E-state index is 11.1. The number of hydrogen-bond acceptors (Lipinski definition) is 8. The Morgan fingerprint density at radius 3 is 2.53 bits per heavy atom. The zero-order valence-corrected chi connectivity index (χ0v) is 21.9. The maximum Gasteiger partial charge on any atom is 0.357 e. The van der Waals surface area contributed by atoms with Gasteiger partial charge in [0.1, 0.15) is 10.8 Å². The lowest BCUT2D eigenvalue weighted by atomic mass is 10.0. The van der Waals surface area contributed by atoms with Gasteiger partial charge in [-0.25, -0.2) is 9.97 Å². The molecule has 3 N–H and O–H groups in total. The van der Waals surface area contributed by atoms with Gasteiger partial charge in [-0.2, -0.15) is 8.42 Å². The van der Waals surface area contributed by atoms with Gasteiger partial charge in [-0.1, -0.05) is 54.6 Å². The van der Waals surface area contributed by atoms with Gasteiger partial charge in [-0.15, -0.1) is 11.3 Å². The molecule has 0 aliphatic heterocycles. The topological polar surface area (TPSA) is 127 Å². The predicted molar refractivity (Wildman–Crippen MR) is 148 cm³/mol. The molecule has 194 valence electrons. The van der Waals surface area contributed by atoms with E-state index in [0.717, 1.165) is 27.4 Å². The van der Waals surface area contributed by atoms with Crippen molar-refractivity contribution in [1.29, 1.82) is 0 Å². The fourth-order valence-electron chi connectivity index (χ4n) is 3.88. The first-order valence-electron chi connectivity index (χ1n) is 11.6. The Hall–Kier alpha value is -4.19. The summed E-state index contributed by atoms with van der Waals surface area (Å²) in [6, 6.07) is 24.3. The Balaban J connectivity index is 1.41. The molecule has 0 saturated carbocycles. The summed E-state index contributed by atoms with van der Waals surface area (Å²) >= 11 is 1.55. The van der Waals surface area contributed by atoms with Crippen molar-refractivity contribution in [2.75, 3.05) is 17.1 Å². The smallest absolute Gasteiger partial charge is 0.357 e. The first-order valence-corrected chi connectivity index (χ1v) is 13.9. The molecule has 3 aromatic carbocycles. The quantitative estimate of drug-likeness (QED) is 0.179. The van der Waals surface area contributed by atoms with Crippen LogP contribution in [0.5, 0.6) is 5.75 Å². The van der Waals surface area contributed by atoms with Gasteiger partial charge in [-0.05, 0) is 36.2 Å². The molecule has 0 spiro atoms. The van der Waals surface area contributed by atoms with Crippen LogP contribution < -0.4 is 14.8 Å². The first kappa shape index (κ1) is 25.5. The fourth-order valence-corrected chi connectivity index (χ4v) is 5.20. The molecular weight excluding hydrogens is 524 g/mol. The zero-order chi connectivity index (χ0) is 26.5. The van der Waals surface area contributed by atoms with E-state index in [2.05, 4.69) is 10.3 Å². The van der Waals surface area contributed by atoms with E-state index in [9.17, 15) is 8.42 Å². The van der Waals surface area contributed by atoms with Crippen LogP contribution in [0.4, 0.5) is 11.7 Å². The molecule has 0 aliphatic rings. The van der Waals surface area contributed by atoms with Gasteiger partial charge in [0.15, 0.2) is 5.76 Å². The second-order valence-corrected chi connectivity index (χ2v) is 10.4. The number of methoxy groups -OCH3 is 1. The van der Waals surface area contributed by atoms with Gasteiger partial charge in [0.2, 0.25) is 0 Å². The predicted octanol–water partition coefficient (Wildman–Crippen LogP) is 6.08. The van der Waals surface area contributed by atoms with E-state index < -0.39 is 10.3 Å². The van der Waals surface area contributed by atoms with Crippen molar-refractivity contribution in [2.45, 2.75) is 12.5 Å². The lowest BCUT2D eigenvalue weighted by Gasteiger charge is -2.16. The van der Waals surface area contributed by atoms with Crippen molar-refractivity contribution in [2.24, 2.45) is 0 Å². The largest absolute Gasteiger partial charge is 0.497 e. The minimum Gasteiger partial charge on any atom is -0.497 e. The van der Waals surface area contributed by atoms with Gasteiger partial charge < -0.3 is 14.5 Å². The summed E-state index contributed by atoms with van der Waals surface area (Å²) in [4.78, 5) is 9.30. The van der Waals surface area contributed by atoms with Crippen LogP contribution >= 0.6 is 11.3 Å². The summed E-state index contributed by atoms with van der Waals surface area (Å²) in [5, 5.41) is 6.26. The number of hydrogen-bond donors (Lipinski definition) is 3. The summed E-state index contributed by atoms with van der Waals surface area (Å²) in [6.45, 7) is 0. The minimum absolute atomic E-state index is 0.261. The lowest BCUT2D eigenvalue weighted by molar-refractivity contribution is 0.415. The van der Waals surface area contributed by atoms with E-state index in [1.54, 1.807) is 48.9 Å². The summed E-state index contributed by atoms with van der Waals surface area (Å²) in [5.41, 5.74) is 3.85. The standard InChI is InChI=1S/C27H24N4O5S2/c1-35-22-9-5-8-20(15-22)25-16-28-27(36-25)30-23(14-18-10-12-21(13-11-18)31-38(32,33)34)24-17-37-26(29-24)19-6-3-2-4-7-19/h2-13,15-17,23,31H,14H2,1H3,(H,28,30)(H,32,33,34). The first-order chi connectivity index (χ1) is 18.4. The second kappa shape index (κ2) is 11.1. The highest BCUT2D eigenvalue weighted by molar-refractivity contribution is 7.87. The number of anilines is 2. The van der Waals surface area contributed by atoms with Crippen molar-refractivity contribution in [3.63, 3.8) is 0 Å². The van der Waals surface area contributed by atoms with Crippen molar-refractivity contribution in [1.82, 2.24) is 9.97 Å². The molecule has 0 aliphatic carbocycles. The van der Waals surface area contributed by atoms with Gasteiger partial charge in [0.05, 0.1) is 30.7 Å². The zero-order valence-electron chi connectivity index (χ0n) is 20.2. The van der Waals surface area contributed by atoms with Crippen LogP contribution in [-0.2, 0) is 16.7 Å². The number of thiazole rings is 1. The van der Waals surface area contributed by atoms with Gasteiger partial charge in [0.25, 0.3) is 6.01 Å². The van der Waals surface area contributed by atoms with Crippen LogP contribution in [0.3, 0.4) is 0 Å². The number of rotatable bonds is 10. The Bertz CT molecular complexity index is 1620. The monoisotopic (exact) mass is 548 g/mol. The average molecular weight is 549 g/mol. The van der Waals surface area contributed by atoms with Gasteiger partial charge >= 0.3 is 10.3 Å². The summed E-state index contributed by atoms with van der Waals surface area (Å²) in [6.07, 6.45) is 2.17. The highest BCUT2D eigenvalue weighted by Crippen LogP contribution is 2.32. The SMILES string of the molecule is COc1cccc(-c2cnc(NC(Cc3ccc(NS(=O)(=O)O)cc3)c3csc(-c4ccccc4)n3)o2)c1. The molecule has 1 atom stereocenters. The summed E-state index contributed by atoms with van der Waals surface area (Å²) in [5.74, 6) is 1.31. The fraction of sp³-hybridized carbons (Fsp3) is 0.111. The number of oxazole rings is 1. The Labute approximate surface area is 224 Å². The normalized spacial score (nSPS) is 12.2. The molecule has 1 unspecified atom stereocenters. The molecule has 2 heterocycles. The van der Waals surface area contributed by atoms with Crippen molar-refractivity contribution in [3.8, 4) is 27.6 Å². The molecule has 9 nitrogen and oxygen atoms in total. The molecule has 0 bridgehead atoms. The van der Waals surface area contributed by atoms with Crippen LogP contribution in [0.2, 0.25) is 0 Å². The molecule has 0 fully saturated rings. The molecule has 5 rings (SSSR count). The van der Waals surface area contributed by atoms with Crippen LogP contribution in [0.1, 0.15) is 17.3 Å². The number of nitrogens with zero attached hydrogens (tertiary/aromatic N) is 2. The molecule has 11 heteroatoms.